The van der Waals surface area contributed by atoms with Gasteiger partial charge in [0.2, 0.25) is 5.91 Å². The highest BCUT2D eigenvalue weighted by Crippen LogP contribution is 1.93. The summed E-state index contributed by atoms with van der Waals surface area (Å²) in [7, 11) is 1.62. The summed E-state index contributed by atoms with van der Waals surface area (Å²) in [4.78, 5) is 13.3. The van der Waals surface area contributed by atoms with Crippen LogP contribution in [0.4, 0.5) is 0 Å². The molecule has 4 nitrogen and oxygen atoms in total. The van der Waals surface area contributed by atoms with Gasteiger partial charge in [0, 0.05) is 26.8 Å². The van der Waals surface area contributed by atoms with Crippen molar-refractivity contribution in [3.05, 3.63) is 12.7 Å². The summed E-state index contributed by atoms with van der Waals surface area (Å²) in [6.07, 6.45) is 2.63. The third-order valence-corrected chi connectivity index (χ3v) is 1.84. The Kier molecular flexibility index (Phi) is 9.11. The number of hydrogen-bond donors (Lipinski definition) is 0. The highest BCUT2D eigenvalue weighted by atomic mass is 16.5. The summed E-state index contributed by atoms with van der Waals surface area (Å²) in [6, 6.07) is 0. The lowest BCUT2D eigenvalue weighted by Crippen LogP contribution is -2.36. The maximum atomic E-state index is 11.6. The summed E-state index contributed by atoms with van der Waals surface area (Å²) in [5.41, 5.74) is 0. The van der Waals surface area contributed by atoms with E-state index < -0.39 is 0 Å². The molecule has 0 N–H and O–H groups in total. The fourth-order valence-electron chi connectivity index (χ4n) is 1.07. The van der Waals surface area contributed by atoms with Crippen LogP contribution in [-0.4, -0.2) is 50.8 Å². The second-order valence-electron chi connectivity index (χ2n) is 3.17. The third kappa shape index (κ3) is 7.11. The van der Waals surface area contributed by atoms with E-state index in [-0.39, 0.29) is 12.5 Å². The topological polar surface area (TPSA) is 38.8 Å². The van der Waals surface area contributed by atoms with E-state index in [9.17, 15) is 4.79 Å². The molecule has 0 unspecified atom stereocenters. The zero-order chi connectivity index (χ0) is 11.5. The van der Waals surface area contributed by atoms with E-state index in [1.54, 1.807) is 18.1 Å². The minimum atomic E-state index is -0.0135. The highest BCUT2D eigenvalue weighted by molar-refractivity contribution is 5.77. The van der Waals surface area contributed by atoms with Crippen molar-refractivity contribution < 1.29 is 14.3 Å². The van der Waals surface area contributed by atoms with E-state index in [2.05, 4.69) is 6.58 Å². The van der Waals surface area contributed by atoms with Crippen molar-refractivity contribution >= 4 is 5.91 Å². The Labute approximate surface area is 91.8 Å². The molecule has 0 saturated heterocycles. The number of rotatable bonds is 9. The van der Waals surface area contributed by atoms with E-state index in [4.69, 9.17) is 9.47 Å². The van der Waals surface area contributed by atoms with Crippen LogP contribution in [0.3, 0.4) is 0 Å². The lowest BCUT2D eigenvalue weighted by Gasteiger charge is -2.20. The van der Waals surface area contributed by atoms with Crippen LogP contribution in [-0.2, 0) is 14.3 Å². The van der Waals surface area contributed by atoms with Gasteiger partial charge in [-0.2, -0.15) is 0 Å². The van der Waals surface area contributed by atoms with E-state index in [1.165, 1.54) is 0 Å². The normalized spacial score (nSPS) is 10.0. The molecule has 0 aliphatic heterocycles. The Morgan fingerprint density at radius 1 is 1.47 bits per heavy atom. The van der Waals surface area contributed by atoms with Crippen LogP contribution < -0.4 is 0 Å². The molecule has 1 amide bonds. The second kappa shape index (κ2) is 9.68. The SMILES string of the molecule is C=CCN(CCOC)C(=O)COCCC. The van der Waals surface area contributed by atoms with Crippen LogP contribution in [0.2, 0.25) is 0 Å². The van der Waals surface area contributed by atoms with E-state index >= 15 is 0 Å². The number of ether oxygens (including phenoxy) is 2. The predicted molar refractivity (Wildman–Crippen MR) is 59.8 cm³/mol. The number of nitrogens with zero attached hydrogens (tertiary/aromatic N) is 1. The largest absolute Gasteiger partial charge is 0.383 e. The van der Waals surface area contributed by atoms with Crippen molar-refractivity contribution in [3.63, 3.8) is 0 Å². The van der Waals surface area contributed by atoms with Gasteiger partial charge in [0.25, 0.3) is 0 Å². The van der Waals surface area contributed by atoms with E-state index in [0.29, 0.717) is 26.3 Å². The molecule has 0 rings (SSSR count). The minimum absolute atomic E-state index is 0.0135. The van der Waals surface area contributed by atoms with Crippen molar-refractivity contribution in [2.45, 2.75) is 13.3 Å². The molecule has 0 heterocycles. The van der Waals surface area contributed by atoms with E-state index in [1.807, 2.05) is 6.92 Å². The zero-order valence-corrected chi connectivity index (χ0v) is 9.70. The van der Waals surface area contributed by atoms with Gasteiger partial charge in [-0.05, 0) is 6.42 Å². The van der Waals surface area contributed by atoms with Gasteiger partial charge in [-0.3, -0.25) is 4.79 Å². The Morgan fingerprint density at radius 3 is 2.73 bits per heavy atom. The molecule has 0 aliphatic rings. The van der Waals surface area contributed by atoms with Gasteiger partial charge in [0.1, 0.15) is 6.61 Å². The van der Waals surface area contributed by atoms with Gasteiger partial charge < -0.3 is 14.4 Å². The lowest BCUT2D eigenvalue weighted by atomic mass is 10.4. The van der Waals surface area contributed by atoms with Crippen molar-refractivity contribution in [2.75, 3.05) is 40.0 Å². The fourth-order valence-corrected chi connectivity index (χ4v) is 1.07. The minimum Gasteiger partial charge on any atom is -0.383 e. The van der Waals surface area contributed by atoms with Crippen LogP contribution >= 0.6 is 0 Å². The molecule has 0 aliphatic carbocycles. The molecule has 0 bridgehead atoms. The van der Waals surface area contributed by atoms with Crippen LogP contribution in [0.5, 0.6) is 0 Å². The second-order valence-corrected chi connectivity index (χ2v) is 3.17. The summed E-state index contributed by atoms with van der Waals surface area (Å²) in [6.45, 7) is 8.04. The average molecular weight is 215 g/mol. The van der Waals surface area contributed by atoms with E-state index in [0.717, 1.165) is 6.42 Å². The highest BCUT2D eigenvalue weighted by Gasteiger charge is 2.11. The molecule has 88 valence electrons. The quantitative estimate of drug-likeness (QED) is 0.426. The monoisotopic (exact) mass is 215 g/mol. The van der Waals surface area contributed by atoms with Crippen molar-refractivity contribution in [1.82, 2.24) is 4.90 Å². The first-order chi connectivity index (χ1) is 7.26. The maximum absolute atomic E-state index is 11.6. The third-order valence-electron chi connectivity index (χ3n) is 1.84. The Bertz CT molecular complexity index is 183. The standard InChI is InChI=1S/C11H21NO3/c1-4-6-12(7-9-14-3)11(13)10-15-8-5-2/h4H,1,5-10H2,2-3H3. The van der Waals surface area contributed by atoms with Crippen LogP contribution in [0.15, 0.2) is 12.7 Å². The van der Waals surface area contributed by atoms with Gasteiger partial charge in [-0.15, -0.1) is 6.58 Å². The zero-order valence-electron chi connectivity index (χ0n) is 9.70. The van der Waals surface area contributed by atoms with Gasteiger partial charge >= 0.3 is 0 Å². The molecule has 0 aromatic heterocycles. The molecule has 0 aromatic carbocycles. The molecule has 0 aromatic rings. The number of methoxy groups -OCH3 is 1. The molecule has 0 fully saturated rings. The Balaban J connectivity index is 3.86. The molecule has 0 saturated carbocycles. The summed E-state index contributed by atoms with van der Waals surface area (Å²) in [5, 5.41) is 0. The van der Waals surface area contributed by atoms with Crippen LogP contribution in [0, 0.1) is 0 Å². The first kappa shape index (κ1) is 14.1. The van der Waals surface area contributed by atoms with Crippen LogP contribution in [0.25, 0.3) is 0 Å². The molecule has 4 heteroatoms. The van der Waals surface area contributed by atoms with Crippen molar-refractivity contribution in [2.24, 2.45) is 0 Å². The smallest absolute Gasteiger partial charge is 0.248 e. The Hall–Kier alpha value is -0.870. The summed E-state index contributed by atoms with van der Waals surface area (Å²) >= 11 is 0. The van der Waals surface area contributed by atoms with Gasteiger partial charge in [-0.1, -0.05) is 13.0 Å². The molecule has 0 radical (unpaired) electrons. The lowest BCUT2D eigenvalue weighted by molar-refractivity contribution is -0.136. The first-order valence-electron chi connectivity index (χ1n) is 5.21. The van der Waals surface area contributed by atoms with Crippen LogP contribution in [0.1, 0.15) is 13.3 Å². The number of carbonyl (C=O) groups is 1. The fraction of sp³-hybridized carbons (Fsp3) is 0.727. The number of carbonyl (C=O) groups excluding carboxylic acids is 1. The Morgan fingerprint density at radius 2 is 2.20 bits per heavy atom. The average Bonchev–Trinajstić information content (AvgIpc) is 2.24. The summed E-state index contributed by atoms with van der Waals surface area (Å²) < 4.78 is 10.1. The first-order valence-corrected chi connectivity index (χ1v) is 5.21. The maximum Gasteiger partial charge on any atom is 0.248 e. The van der Waals surface area contributed by atoms with Crippen molar-refractivity contribution in [1.29, 1.82) is 0 Å². The number of hydrogen-bond acceptors (Lipinski definition) is 3. The summed E-state index contributed by atoms with van der Waals surface area (Å²) in [5.74, 6) is -0.0135. The molecule has 0 spiro atoms. The molecular weight excluding hydrogens is 194 g/mol. The van der Waals surface area contributed by atoms with Gasteiger partial charge in [0.15, 0.2) is 0 Å². The number of amides is 1. The van der Waals surface area contributed by atoms with Crippen molar-refractivity contribution in [3.8, 4) is 0 Å². The predicted octanol–water partition coefficient (Wildman–Crippen LogP) is 1.07. The molecule has 15 heavy (non-hydrogen) atoms. The molecular formula is C11H21NO3. The van der Waals surface area contributed by atoms with Gasteiger partial charge in [-0.25, -0.2) is 0 Å². The van der Waals surface area contributed by atoms with Gasteiger partial charge in [0.05, 0.1) is 6.61 Å². The molecule has 0 atom stereocenters.